The molecule has 2 atom stereocenters. The number of carbonyl (C=O) groups excluding carboxylic acids is 2. The first-order valence-electron chi connectivity index (χ1n) is 11.4. The van der Waals surface area contributed by atoms with Crippen LogP contribution >= 0.6 is 0 Å². The van der Waals surface area contributed by atoms with Gasteiger partial charge in [-0.1, -0.05) is 72.8 Å². The normalized spacial score (nSPS) is 12.2. The molecular weight excluding hydrogens is 432 g/mol. The fourth-order valence-electron chi connectivity index (χ4n) is 4.28. The van der Waals surface area contributed by atoms with Crippen molar-refractivity contribution >= 4 is 12.6 Å². The summed E-state index contributed by atoms with van der Waals surface area (Å²) in [6, 6.07) is 30.7. The molecule has 0 amide bonds. The maximum absolute atomic E-state index is 11.6. The molecule has 0 saturated carbocycles. The standard InChI is InChI=1S/C32H26O3/c1-3-27(25-11-7-5-8-12-25)29-19-23(21-33)15-17-31(29)35-32-18-16-24(22-34)20-30(32)28(4-2)26-13-9-6-10-14-26/h3-22,27-28H,1-2H2. The summed E-state index contributed by atoms with van der Waals surface area (Å²) in [4.78, 5) is 23.1. The molecule has 0 saturated heterocycles. The van der Waals surface area contributed by atoms with Crippen LogP contribution in [-0.4, -0.2) is 12.6 Å². The van der Waals surface area contributed by atoms with E-state index in [2.05, 4.69) is 13.2 Å². The lowest BCUT2D eigenvalue weighted by Crippen LogP contribution is -2.05. The number of rotatable bonds is 10. The van der Waals surface area contributed by atoms with Crippen LogP contribution in [0.5, 0.6) is 11.5 Å². The van der Waals surface area contributed by atoms with Crippen LogP contribution in [0.3, 0.4) is 0 Å². The summed E-state index contributed by atoms with van der Waals surface area (Å²) in [5.41, 5.74) is 4.85. The predicted octanol–water partition coefficient (Wildman–Crippen LogP) is 7.74. The molecule has 0 spiro atoms. The van der Waals surface area contributed by atoms with E-state index in [-0.39, 0.29) is 11.8 Å². The lowest BCUT2D eigenvalue weighted by atomic mass is 9.89. The summed E-state index contributed by atoms with van der Waals surface area (Å²) in [6.45, 7) is 8.09. The van der Waals surface area contributed by atoms with Gasteiger partial charge < -0.3 is 4.74 Å². The van der Waals surface area contributed by atoms with Gasteiger partial charge in [0, 0.05) is 34.1 Å². The van der Waals surface area contributed by atoms with E-state index < -0.39 is 0 Å². The molecule has 0 aliphatic heterocycles. The van der Waals surface area contributed by atoms with Crippen LogP contribution in [0.15, 0.2) is 122 Å². The molecule has 0 aliphatic carbocycles. The van der Waals surface area contributed by atoms with E-state index in [9.17, 15) is 9.59 Å². The molecule has 4 aromatic rings. The van der Waals surface area contributed by atoms with Crippen LogP contribution in [0.4, 0.5) is 0 Å². The van der Waals surface area contributed by atoms with Gasteiger partial charge in [-0.2, -0.15) is 0 Å². The topological polar surface area (TPSA) is 43.4 Å². The minimum Gasteiger partial charge on any atom is -0.457 e. The maximum Gasteiger partial charge on any atom is 0.150 e. The monoisotopic (exact) mass is 458 g/mol. The second-order valence-corrected chi connectivity index (χ2v) is 8.18. The number of ether oxygens (including phenoxy) is 1. The van der Waals surface area contributed by atoms with Crippen LogP contribution in [0.2, 0.25) is 0 Å². The third-order valence-corrected chi connectivity index (χ3v) is 6.02. The molecule has 0 aromatic heterocycles. The Morgan fingerprint density at radius 2 is 0.971 bits per heavy atom. The van der Waals surface area contributed by atoms with Gasteiger partial charge in [0.25, 0.3) is 0 Å². The fourth-order valence-corrected chi connectivity index (χ4v) is 4.28. The van der Waals surface area contributed by atoms with Crippen LogP contribution in [0.25, 0.3) is 0 Å². The molecule has 3 heteroatoms. The number of benzene rings is 4. The van der Waals surface area contributed by atoms with E-state index >= 15 is 0 Å². The zero-order valence-electron chi connectivity index (χ0n) is 19.3. The Kier molecular flexibility index (Phi) is 7.49. The summed E-state index contributed by atoms with van der Waals surface area (Å²) < 4.78 is 6.52. The van der Waals surface area contributed by atoms with Gasteiger partial charge in [0.2, 0.25) is 0 Å². The van der Waals surface area contributed by atoms with Gasteiger partial charge in [0.15, 0.2) is 0 Å². The highest BCUT2D eigenvalue weighted by molar-refractivity contribution is 5.77. The largest absolute Gasteiger partial charge is 0.457 e. The number of hydrogen-bond donors (Lipinski definition) is 0. The predicted molar refractivity (Wildman–Crippen MR) is 141 cm³/mol. The van der Waals surface area contributed by atoms with Crippen molar-refractivity contribution in [2.45, 2.75) is 11.8 Å². The summed E-state index contributed by atoms with van der Waals surface area (Å²) in [5, 5.41) is 0. The van der Waals surface area contributed by atoms with Gasteiger partial charge in [-0.15, -0.1) is 13.2 Å². The lowest BCUT2D eigenvalue weighted by molar-refractivity contribution is 0.111. The van der Waals surface area contributed by atoms with E-state index in [1.807, 2.05) is 84.9 Å². The van der Waals surface area contributed by atoms with E-state index in [1.54, 1.807) is 24.3 Å². The minimum atomic E-state index is -0.173. The number of aldehydes is 2. The van der Waals surface area contributed by atoms with Crippen LogP contribution in [0.1, 0.15) is 54.8 Å². The van der Waals surface area contributed by atoms with Crippen molar-refractivity contribution in [3.63, 3.8) is 0 Å². The molecule has 0 N–H and O–H groups in total. The zero-order chi connectivity index (χ0) is 24.6. The third kappa shape index (κ3) is 5.20. The van der Waals surface area contributed by atoms with Gasteiger partial charge >= 0.3 is 0 Å². The summed E-state index contributed by atoms with van der Waals surface area (Å²) >= 11 is 0. The Hall–Kier alpha value is -4.50. The van der Waals surface area contributed by atoms with E-state index in [1.165, 1.54) is 0 Å². The van der Waals surface area contributed by atoms with Crippen molar-refractivity contribution in [3.8, 4) is 11.5 Å². The second-order valence-electron chi connectivity index (χ2n) is 8.18. The summed E-state index contributed by atoms with van der Waals surface area (Å²) in [6.07, 6.45) is 5.34. The van der Waals surface area contributed by atoms with Crippen molar-refractivity contribution in [2.24, 2.45) is 0 Å². The molecule has 4 aromatic carbocycles. The van der Waals surface area contributed by atoms with Crippen molar-refractivity contribution in [3.05, 3.63) is 156 Å². The van der Waals surface area contributed by atoms with Gasteiger partial charge in [-0.3, -0.25) is 9.59 Å². The Labute approximate surface area is 206 Å². The Balaban J connectivity index is 1.84. The molecule has 0 aliphatic rings. The highest BCUT2D eigenvalue weighted by Gasteiger charge is 2.21. The molecule has 0 bridgehead atoms. The minimum absolute atomic E-state index is 0.173. The highest BCUT2D eigenvalue weighted by Crippen LogP contribution is 2.40. The first kappa shape index (κ1) is 23.7. The van der Waals surface area contributed by atoms with Crippen LogP contribution in [0, 0.1) is 0 Å². The molecule has 0 heterocycles. The lowest BCUT2D eigenvalue weighted by Gasteiger charge is -2.22. The SMILES string of the molecule is C=CC(c1ccccc1)c1cc(C=O)ccc1Oc1ccc(C=O)cc1C(C=C)c1ccccc1. The quantitative estimate of drug-likeness (QED) is 0.180. The van der Waals surface area contributed by atoms with Gasteiger partial charge in [-0.05, 0) is 47.5 Å². The van der Waals surface area contributed by atoms with Crippen molar-refractivity contribution in [1.29, 1.82) is 0 Å². The summed E-state index contributed by atoms with van der Waals surface area (Å²) in [5.74, 6) is 0.877. The molecule has 172 valence electrons. The number of allylic oxidation sites excluding steroid dienone is 2. The van der Waals surface area contributed by atoms with Crippen molar-refractivity contribution in [1.82, 2.24) is 0 Å². The maximum atomic E-state index is 11.6. The van der Waals surface area contributed by atoms with Gasteiger partial charge in [-0.25, -0.2) is 0 Å². The van der Waals surface area contributed by atoms with E-state index in [4.69, 9.17) is 4.74 Å². The summed E-state index contributed by atoms with van der Waals surface area (Å²) in [7, 11) is 0. The van der Waals surface area contributed by atoms with Crippen molar-refractivity contribution in [2.75, 3.05) is 0 Å². The second kappa shape index (κ2) is 11.1. The smallest absolute Gasteiger partial charge is 0.150 e. The molecule has 0 fully saturated rings. The molecular formula is C32H26O3. The third-order valence-electron chi connectivity index (χ3n) is 6.02. The molecule has 3 nitrogen and oxygen atoms in total. The van der Waals surface area contributed by atoms with Gasteiger partial charge in [0.1, 0.15) is 24.1 Å². The average Bonchev–Trinajstić information content (AvgIpc) is 2.92. The van der Waals surface area contributed by atoms with Crippen LogP contribution < -0.4 is 4.74 Å². The Bertz CT molecular complexity index is 1240. The fraction of sp³-hybridized carbons (Fsp3) is 0.0625. The Morgan fingerprint density at radius 1 is 0.571 bits per heavy atom. The molecule has 4 rings (SSSR count). The zero-order valence-corrected chi connectivity index (χ0v) is 19.3. The number of hydrogen-bond acceptors (Lipinski definition) is 3. The average molecular weight is 459 g/mol. The van der Waals surface area contributed by atoms with Crippen molar-refractivity contribution < 1.29 is 14.3 Å². The Morgan fingerprint density at radius 3 is 1.31 bits per heavy atom. The molecule has 2 unspecified atom stereocenters. The molecule has 35 heavy (non-hydrogen) atoms. The van der Waals surface area contributed by atoms with Crippen LogP contribution in [-0.2, 0) is 0 Å². The van der Waals surface area contributed by atoms with E-state index in [0.717, 1.165) is 34.8 Å². The first-order chi connectivity index (χ1) is 17.2. The first-order valence-corrected chi connectivity index (χ1v) is 11.4. The molecule has 0 radical (unpaired) electrons. The highest BCUT2D eigenvalue weighted by atomic mass is 16.5. The van der Waals surface area contributed by atoms with E-state index in [0.29, 0.717) is 22.6 Å². The number of carbonyl (C=O) groups is 2. The van der Waals surface area contributed by atoms with Gasteiger partial charge in [0.05, 0.1) is 0 Å².